The van der Waals surface area contributed by atoms with Gasteiger partial charge < -0.3 is 16.2 Å². The van der Waals surface area contributed by atoms with Gasteiger partial charge in [0, 0.05) is 36.1 Å². The van der Waals surface area contributed by atoms with E-state index in [1.807, 2.05) is 0 Å². The first-order valence-corrected chi connectivity index (χ1v) is 8.64. The molecule has 0 aliphatic carbocycles. The number of carbonyl (C=O) groups excluding carboxylic acids is 1. The first-order chi connectivity index (χ1) is 11.8. The van der Waals surface area contributed by atoms with E-state index in [0.717, 1.165) is 15.1 Å². The SMILES string of the molecule is Cc1c(-c2ccc(C(=O)NCCN)cc2)ccn1S(N)(=O)=O.O=CO. The molecule has 0 saturated carbocycles. The fourth-order valence-electron chi connectivity index (χ4n) is 2.16. The number of hydrogen-bond acceptors (Lipinski definition) is 5. The monoisotopic (exact) mass is 368 g/mol. The third-order valence-electron chi connectivity index (χ3n) is 3.26. The number of nitrogens with one attached hydrogen (secondary N) is 1. The minimum atomic E-state index is -3.81. The van der Waals surface area contributed by atoms with Gasteiger partial charge in [0.05, 0.1) is 0 Å². The summed E-state index contributed by atoms with van der Waals surface area (Å²) in [6.07, 6.45) is 1.40. The van der Waals surface area contributed by atoms with Gasteiger partial charge in [-0.1, -0.05) is 12.1 Å². The molecule has 0 atom stereocenters. The molecule has 2 aromatic rings. The summed E-state index contributed by atoms with van der Waals surface area (Å²) in [6, 6.07) is 8.54. The van der Waals surface area contributed by atoms with E-state index in [2.05, 4.69) is 5.32 Å². The van der Waals surface area contributed by atoms with Crippen LogP contribution in [0, 0.1) is 6.92 Å². The number of carbonyl (C=O) groups is 2. The Kier molecular flexibility index (Phi) is 7.30. The van der Waals surface area contributed by atoms with Crippen molar-refractivity contribution < 1.29 is 23.1 Å². The third-order valence-corrected chi connectivity index (χ3v) is 4.20. The molecule has 1 amide bonds. The van der Waals surface area contributed by atoms with Crippen molar-refractivity contribution >= 4 is 22.6 Å². The second-order valence-electron chi connectivity index (χ2n) is 4.88. The number of aromatic nitrogens is 1. The van der Waals surface area contributed by atoms with Crippen molar-refractivity contribution in [1.29, 1.82) is 0 Å². The predicted molar refractivity (Wildman–Crippen MR) is 93.2 cm³/mol. The highest BCUT2D eigenvalue weighted by Crippen LogP contribution is 2.25. The molecule has 0 radical (unpaired) electrons. The molecule has 1 aromatic heterocycles. The maximum absolute atomic E-state index is 11.8. The van der Waals surface area contributed by atoms with Crippen molar-refractivity contribution in [3.8, 4) is 11.1 Å². The van der Waals surface area contributed by atoms with Gasteiger partial charge >= 0.3 is 10.2 Å². The molecule has 0 unspecified atom stereocenters. The average molecular weight is 368 g/mol. The molecule has 0 aliphatic rings. The van der Waals surface area contributed by atoms with Crippen LogP contribution in [0.5, 0.6) is 0 Å². The van der Waals surface area contributed by atoms with Crippen molar-refractivity contribution in [3.63, 3.8) is 0 Å². The number of amides is 1. The molecule has 25 heavy (non-hydrogen) atoms. The summed E-state index contributed by atoms with van der Waals surface area (Å²) in [5.74, 6) is -0.198. The lowest BCUT2D eigenvalue weighted by Crippen LogP contribution is -2.28. The predicted octanol–water partition coefficient (Wildman–Crippen LogP) is -0.0956. The minimum absolute atomic E-state index is 0.198. The molecular weight excluding hydrogens is 348 g/mol. The van der Waals surface area contributed by atoms with Crippen molar-refractivity contribution in [2.24, 2.45) is 10.9 Å². The number of benzene rings is 1. The van der Waals surface area contributed by atoms with Crippen LogP contribution in [0.1, 0.15) is 16.1 Å². The van der Waals surface area contributed by atoms with Crippen LogP contribution in [0.2, 0.25) is 0 Å². The van der Waals surface area contributed by atoms with Gasteiger partial charge in [-0.3, -0.25) is 9.59 Å². The van der Waals surface area contributed by atoms with Gasteiger partial charge in [-0.2, -0.15) is 8.42 Å². The summed E-state index contributed by atoms with van der Waals surface area (Å²) >= 11 is 0. The Hall–Kier alpha value is -2.69. The molecule has 1 heterocycles. The summed E-state index contributed by atoms with van der Waals surface area (Å²) in [7, 11) is -3.81. The second kappa shape index (κ2) is 8.97. The molecule has 1 aromatic carbocycles. The average Bonchev–Trinajstić information content (AvgIpc) is 2.95. The Balaban J connectivity index is 0.000000970. The topological polar surface area (TPSA) is 158 Å². The van der Waals surface area contributed by atoms with Gasteiger partial charge in [0.2, 0.25) is 0 Å². The van der Waals surface area contributed by atoms with Crippen LogP contribution in [-0.2, 0) is 15.0 Å². The van der Waals surface area contributed by atoms with E-state index in [-0.39, 0.29) is 12.4 Å². The van der Waals surface area contributed by atoms with Gasteiger partial charge in [-0.05, 0) is 30.7 Å². The highest BCUT2D eigenvalue weighted by Gasteiger charge is 2.14. The fraction of sp³-hybridized carbons (Fsp3) is 0.200. The minimum Gasteiger partial charge on any atom is -0.483 e. The van der Waals surface area contributed by atoms with E-state index in [1.54, 1.807) is 37.3 Å². The van der Waals surface area contributed by atoms with Crippen LogP contribution < -0.4 is 16.2 Å². The summed E-state index contributed by atoms with van der Waals surface area (Å²) in [5.41, 5.74) is 7.90. The quantitative estimate of drug-likeness (QED) is 0.540. The molecule has 0 saturated heterocycles. The van der Waals surface area contributed by atoms with Gasteiger partial charge in [0.1, 0.15) is 0 Å². The second-order valence-corrected chi connectivity index (χ2v) is 6.31. The lowest BCUT2D eigenvalue weighted by molar-refractivity contribution is -0.122. The number of rotatable bonds is 5. The summed E-state index contributed by atoms with van der Waals surface area (Å²) < 4.78 is 23.9. The Morgan fingerprint density at radius 1 is 1.28 bits per heavy atom. The van der Waals surface area contributed by atoms with Crippen LogP contribution in [0.4, 0.5) is 0 Å². The van der Waals surface area contributed by atoms with Gasteiger partial charge in [0.15, 0.2) is 0 Å². The standard InChI is InChI=1S/C14H18N4O3S.CH2O2/c1-10-13(6-9-18(10)22(16,20)21)11-2-4-12(5-3-11)14(19)17-8-7-15;2-1-3/h2-6,9H,7-8,15H2,1H3,(H,17,19)(H2,16,20,21);1H,(H,2,3). The van der Waals surface area contributed by atoms with Gasteiger partial charge in [-0.25, -0.2) is 9.11 Å². The highest BCUT2D eigenvalue weighted by atomic mass is 32.2. The van der Waals surface area contributed by atoms with Gasteiger partial charge in [-0.15, -0.1) is 0 Å². The van der Waals surface area contributed by atoms with Crippen molar-refractivity contribution in [2.75, 3.05) is 13.1 Å². The van der Waals surface area contributed by atoms with Crippen molar-refractivity contribution in [1.82, 2.24) is 9.29 Å². The largest absolute Gasteiger partial charge is 0.483 e. The Morgan fingerprint density at radius 2 is 1.84 bits per heavy atom. The highest BCUT2D eigenvalue weighted by molar-refractivity contribution is 7.87. The Labute approximate surface area is 145 Å². The number of nitrogens with two attached hydrogens (primary N) is 2. The maximum atomic E-state index is 11.8. The first-order valence-electron chi connectivity index (χ1n) is 7.14. The Morgan fingerprint density at radius 3 is 2.28 bits per heavy atom. The normalized spacial score (nSPS) is 10.5. The lowest BCUT2D eigenvalue weighted by atomic mass is 10.0. The molecule has 10 heteroatoms. The molecule has 2 rings (SSSR count). The molecule has 6 N–H and O–H groups in total. The zero-order chi connectivity index (χ0) is 19.0. The van der Waals surface area contributed by atoms with Crippen LogP contribution in [0.15, 0.2) is 36.5 Å². The van der Waals surface area contributed by atoms with E-state index >= 15 is 0 Å². The van der Waals surface area contributed by atoms with Crippen LogP contribution in [0.25, 0.3) is 11.1 Å². The first kappa shape index (κ1) is 20.4. The van der Waals surface area contributed by atoms with Crippen molar-refractivity contribution in [2.45, 2.75) is 6.92 Å². The molecule has 0 spiro atoms. The maximum Gasteiger partial charge on any atom is 0.302 e. The molecule has 0 fully saturated rings. The van der Waals surface area contributed by atoms with E-state index in [9.17, 15) is 13.2 Å². The van der Waals surface area contributed by atoms with Crippen LogP contribution in [0.3, 0.4) is 0 Å². The van der Waals surface area contributed by atoms with Gasteiger partial charge in [0.25, 0.3) is 12.4 Å². The third kappa shape index (κ3) is 5.41. The molecule has 0 bridgehead atoms. The molecule has 9 nitrogen and oxygen atoms in total. The van der Waals surface area contributed by atoms with E-state index in [1.165, 1.54) is 6.20 Å². The van der Waals surface area contributed by atoms with E-state index < -0.39 is 10.2 Å². The number of hydrogen-bond donors (Lipinski definition) is 4. The summed E-state index contributed by atoms with van der Waals surface area (Å²) in [4.78, 5) is 20.1. The lowest BCUT2D eigenvalue weighted by Gasteiger charge is -2.07. The van der Waals surface area contributed by atoms with Crippen LogP contribution >= 0.6 is 0 Å². The molecule has 136 valence electrons. The van der Waals surface area contributed by atoms with E-state index in [0.29, 0.717) is 24.3 Å². The van der Waals surface area contributed by atoms with Crippen molar-refractivity contribution in [3.05, 3.63) is 47.8 Å². The molecular formula is C15H20N4O5S. The zero-order valence-electron chi connectivity index (χ0n) is 13.5. The zero-order valence-corrected chi connectivity index (χ0v) is 14.4. The Bertz CT molecular complexity index is 828. The molecule has 0 aliphatic heterocycles. The fourth-order valence-corrected chi connectivity index (χ4v) is 2.87. The van der Waals surface area contributed by atoms with E-state index in [4.69, 9.17) is 20.8 Å². The smallest absolute Gasteiger partial charge is 0.302 e. The summed E-state index contributed by atoms with van der Waals surface area (Å²) in [5, 5.41) is 14.7. The summed E-state index contributed by atoms with van der Waals surface area (Å²) in [6.45, 7) is 2.21. The van der Waals surface area contributed by atoms with Crippen LogP contribution in [-0.4, -0.2) is 43.0 Å². The number of carboxylic acid groups (broad SMARTS) is 1. The number of nitrogens with zero attached hydrogens (tertiary/aromatic N) is 1.